The number of carbonyl (C=O) groups is 1. The third-order valence-corrected chi connectivity index (χ3v) is 4.26. The van der Waals surface area contributed by atoms with Crippen molar-refractivity contribution >= 4 is 21.8 Å². The lowest BCUT2D eigenvalue weighted by molar-refractivity contribution is -0.132. The van der Waals surface area contributed by atoms with Gasteiger partial charge in [-0.25, -0.2) is 4.98 Å². The van der Waals surface area contributed by atoms with E-state index < -0.39 is 6.10 Å². The maximum Gasteiger partial charge on any atom is 0.249 e. The fourth-order valence-corrected chi connectivity index (χ4v) is 2.72. The number of hydrogen-bond donors (Lipinski definition) is 3. The topological polar surface area (TPSA) is 106 Å². The average molecular weight is 380 g/mol. The number of amides is 1. The molecule has 23 heavy (non-hydrogen) atoms. The summed E-state index contributed by atoms with van der Waals surface area (Å²) in [6, 6.07) is 7.71. The van der Waals surface area contributed by atoms with Crippen LogP contribution in [0.15, 0.2) is 28.7 Å². The summed E-state index contributed by atoms with van der Waals surface area (Å²) in [5.74, 6) is 1.06. The van der Waals surface area contributed by atoms with Crippen molar-refractivity contribution in [3.8, 4) is 11.4 Å². The van der Waals surface area contributed by atoms with Gasteiger partial charge < -0.3 is 15.8 Å². The van der Waals surface area contributed by atoms with Gasteiger partial charge in [-0.15, -0.1) is 0 Å². The monoisotopic (exact) mass is 379 g/mol. The third-order valence-electron chi connectivity index (χ3n) is 3.73. The van der Waals surface area contributed by atoms with Gasteiger partial charge in [-0.3, -0.25) is 9.89 Å². The SMILES string of the molecule is NC[C@H]1CC[C@@H](C(=O)NCc2nc(-c3ccc(Br)cc3)n[nH]2)O1. The predicted molar refractivity (Wildman–Crippen MR) is 88.3 cm³/mol. The van der Waals surface area contributed by atoms with Crippen LogP contribution in [-0.4, -0.2) is 39.8 Å². The van der Waals surface area contributed by atoms with Crippen molar-refractivity contribution in [3.63, 3.8) is 0 Å². The van der Waals surface area contributed by atoms with Gasteiger partial charge in [-0.1, -0.05) is 28.1 Å². The third kappa shape index (κ3) is 3.95. The van der Waals surface area contributed by atoms with Crippen molar-refractivity contribution in [1.82, 2.24) is 20.5 Å². The van der Waals surface area contributed by atoms with Crippen LogP contribution in [0.2, 0.25) is 0 Å². The minimum absolute atomic E-state index is 0.0139. The van der Waals surface area contributed by atoms with Crippen molar-refractivity contribution in [2.45, 2.75) is 31.6 Å². The molecule has 1 aromatic carbocycles. The van der Waals surface area contributed by atoms with Crippen LogP contribution in [0, 0.1) is 0 Å². The first-order valence-electron chi connectivity index (χ1n) is 7.46. The van der Waals surface area contributed by atoms with E-state index in [2.05, 4.69) is 36.4 Å². The van der Waals surface area contributed by atoms with Crippen molar-refractivity contribution in [2.75, 3.05) is 6.54 Å². The van der Waals surface area contributed by atoms with Crippen LogP contribution in [0.5, 0.6) is 0 Å². The second kappa shape index (κ2) is 7.20. The van der Waals surface area contributed by atoms with Gasteiger partial charge in [-0.05, 0) is 25.0 Å². The largest absolute Gasteiger partial charge is 0.364 e. The summed E-state index contributed by atoms with van der Waals surface area (Å²) in [7, 11) is 0. The van der Waals surface area contributed by atoms with Gasteiger partial charge >= 0.3 is 0 Å². The molecule has 7 nitrogen and oxygen atoms in total. The number of benzene rings is 1. The normalized spacial score (nSPS) is 20.6. The zero-order valence-electron chi connectivity index (χ0n) is 12.5. The molecule has 3 rings (SSSR count). The Balaban J connectivity index is 1.55. The molecule has 4 N–H and O–H groups in total. The lowest BCUT2D eigenvalue weighted by Gasteiger charge is -2.11. The van der Waals surface area contributed by atoms with Crippen LogP contribution < -0.4 is 11.1 Å². The van der Waals surface area contributed by atoms with Gasteiger partial charge in [0.05, 0.1) is 12.6 Å². The first kappa shape index (κ1) is 16.1. The van der Waals surface area contributed by atoms with Crippen LogP contribution >= 0.6 is 15.9 Å². The Morgan fingerprint density at radius 2 is 2.17 bits per heavy atom. The van der Waals surface area contributed by atoms with E-state index in [4.69, 9.17) is 10.5 Å². The molecule has 1 amide bonds. The van der Waals surface area contributed by atoms with E-state index in [9.17, 15) is 4.79 Å². The summed E-state index contributed by atoms with van der Waals surface area (Å²) >= 11 is 3.39. The number of rotatable bonds is 5. The fraction of sp³-hybridized carbons (Fsp3) is 0.400. The van der Waals surface area contributed by atoms with E-state index in [-0.39, 0.29) is 18.6 Å². The molecule has 2 aromatic rings. The molecule has 2 atom stereocenters. The van der Waals surface area contributed by atoms with Gasteiger partial charge in [0.25, 0.3) is 0 Å². The second-order valence-corrected chi connectivity index (χ2v) is 6.31. The van der Waals surface area contributed by atoms with E-state index in [0.717, 1.165) is 16.5 Å². The molecule has 0 aliphatic carbocycles. The lowest BCUT2D eigenvalue weighted by atomic mass is 10.2. The molecule has 1 saturated heterocycles. The zero-order valence-corrected chi connectivity index (χ0v) is 14.0. The minimum Gasteiger partial charge on any atom is -0.364 e. The van der Waals surface area contributed by atoms with E-state index in [1.54, 1.807) is 0 Å². The van der Waals surface area contributed by atoms with Gasteiger partial charge in [0.1, 0.15) is 11.9 Å². The van der Waals surface area contributed by atoms with Crippen LogP contribution in [0.1, 0.15) is 18.7 Å². The Kier molecular flexibility index (Phi) is 5.04. The number of H-pyrrole nitrogens is 1. The highest BCUT2D eigenvalue weighted by Gasteiger charge is 2.29. The summed E-state index contributed by atoms with van der Waals surface area (Å²) < 4.78 is 6.56. The quantitative estimate of drug-likeness (QED) is 0.726. The Bertz CT molecular complexity index is 673. The molecular weight excluding hydrogens is 362 g/mol. The fourth-order valence-electron chi connectivity index (χ4n) is 2.46. The molecular formula is C15H18BrN5O2. The molecule has 1 aliphatic rings. The summed E-state index contributed by atoms with van der Waals surface area (Å²) in [6.07, 6.45) is 1.09. The molecule has 122 valence electrons. The van der Waals surface area contributed by atoms with E-state index >= 15 is 0 Å². The summed E-state index contributed by atoms with van der Waals surface area (Å²) in [5, 5.41) is 9.82. The Morgan fingerprint density at radius 3 is 2.87 bits per heavy atom. The number of hydrogen-bond acceptors (Lipinski definition) is 5. The van der Waals surface area contributed by atoms with Gasteiger partial charge in [-0.2, -0.15) is 5.10 Å². The average Bonchev–Trinajstić information content (AvgIpc) is 3.22. The maximum absolute atomic E-state index is 12.1. The molecule has 0 unspecified atom stereocenters. The zero-order chi connectivity index (χ0) is 16.2. The van der Waals surface area contributed by atoms with E-state index in [1.807, 2.05) is 24.3 Å². The predicted octanol–water partition coefficient (Wildman–Crippen LogP) is 1.36. The number of aromatic amines is 1. The number of carbonyl (C=O) groups excluding carboxylic acids is 1. The summed E-state index contributed by atoms with van der Waals surface area (Å²) in [6.45, 7) is 0.734. The molecule has 0 radical (unpaired) electrons. The number of nitrogens with zero attached hydrogens (tertiary/aromatic N) is 2. The van der Waals surface area contributed by atoms with Gasteiger partial charge in [0.15, 0.2) is 5.82 Å². The molecule has 0 bridgehead atoms. The first-order valence-corrected chi connectivity index (χ1v) is 8.25. The standard InChI is InChI=1S/C15H18BrN5O2/c16-10-3-1-9(2-4-10)14-19-13(20-21-14)8-18-15(22)12-6-5-11(7-17)23-12/h1-4,11-12H,5-8,17H2,(H,18,22)(H,19,20,21)/t11-,12+/m1/s1. The van der Waals surface area contributed by atoms with Crippen molar-refractivity contribution < 1.29 is 9.53 Å². The number of nitrogens with one attached hydrogen (secondary N) is 2. The Hall–Kier alpha value is -1.77. The smallest absolute Gasteiger partial charge is 0.249 e. The number of nitrogens with two attached hydrogens (primary N) is 1. The van der Waals surface area contributed by atoms with Gasteiger partial charge in [0, 0.05) is 16.6 Å². The molecule has 1 aliphatic heterocycles. The highest BCUT2D eigenvalue weighted by atomic mass is 79.9. The second-order valence-electron chi connectivity index (χ2n) is 5.39. The number of ether oxygens (including phenoxy) is 1. The molecule has 1 aromatic heterocycles. The first-order chi connectivity index (χ1) is 11.2. The van der Waals surface area contributed by atoms with Crippen LogP contribution in [0.3, 0.4) is 0 Å². The molecule has 0 saturated carbocycles. The summed E-state index contributed by atoms with van der Waals surface area (Å²) in [5.41, 5.74) is 6.45. The van der Waals surface area contributed by atoms with Crippen molar-refractivity contribution in [1.29, 1.82) is 0 Å². The maximum atomic E-state index is 12.1. The van der Waals surface area contributed by atoms with E-state index in [0.29, 0.717) is 24.6 Å². The van der Waals surface area contributed by atoms with Crippen molar-refractivity contribution in [2.24, 2.45) is 5.73 Å². The Morgan fingerprint density at radius 1 is 1.39 bits per heavy atom. The van der Waals surface area contributed by atoms with E-state index in [1.165, 1.54) is 0 Å². The van der Waals surface area contributed by atoms with Gasteiger partial charge in [0.2, 0.25) is 5.91 Å². The summed E-state index contributed by atoms with van der Waals surface area (Å²) in [4.78, 5) is 16.4. The molecule has 2 heterocycles. The van der Waals surface area contributed by atoms with Crippen LogP contribution in [-0.2, 0) is 16.1 Å². The molecule has 1 fully saturated rings. The minimum atomic E-state index is -0.419. The highest BCUT2D eigenvalue weighted by molar-refractivity contribution is 9.10. The van der Waals surface area contributed by atoms with Crippen LogP contribution in [0.4, 0.5) is 0 Å². The van der Waals surface area contributed by atoms with Crippen LogP contribution in [0.25, 0.3) is 11.4 Å². The molecule has 0 spiro atoms. The highest BCUT2D eigenvalue weighted by Crippen LogP contribution is 2.19. The number of aromatic nitrogens is 3. The number of halogens is 1. The molecule has 8 heteroatoms. The lowest BCUT2D eigenvalue weighted by Crippen LogP contribution is -2.35. The Labute approximate surface area is 142 Å². The van der Waals surface area contributed by atoms with Crippen molar-refractivity contribution in [3.05, 3.63) is 34.6 Å².